The summed E-state index contributed by atoms with van der Waals surface area (Å²) in [7, 11) is 1.64. The van der Waals surface area contributed by atoms with Crippen molar-refractivity contribution in [3.63, 3.8) is 0 Å². The zero-order valence-electron chi connectivity index (χ0n) is 21.5. The van der Waals surface area contributed by atoms with Gasteiger partial charge in [0.2, 0.25) is 0 Å². The first kappa shape index (κ1) is 25.5. The lowest BCUT2D eigenvalue weighted by atomic mass is 9.83. The molecule has 0 radical (unpaired) electrons. The normalized spacial score (nSPS) is 21.1. The fraction of sp³-hybridized carbons (Fsp3) is 0.467. The molecule has 0 atom stereocenters. The van der Waals surface area contributed by atoms with E-state index in [9.17, 15) is 14.0 Å². The van der Waals surface area contributed by atoms with E-state index in [0.717, 1.165) is 74.8 Å². The van der Waals surface area contributed by atoms with Gasteiger partial charge < -0.3 is 19.9 Å². The number of H-pyrrole nitrogens is 1. The quantitative estimate of drug-likeness (QED) is 0.392. The number of likely N-dealkylation sites (tertiary alicyclic amines) is 1. The van der Waals surface area contributed by atoms with E-state index in [4.69, 9.17) is 4.74 Å². The highest BCUT2D eigenvalue weighted by Gasteiger charge is 2.27. The number of nitrogens with zero attached hydrogens (tertiary/aromatic N) is 1. The number of Topliss-reactive ketones (excluding diaryl/α,β-unsaturated/α-hetero) is 1. The Morgan fingerprint density at radius 3 is 2.43 bits per heavy atom. The van der Waals surface area contributed by atoms with Gasteiger partial charge in [-0.25, -0.2) is 4.39 Å². The van der Waals surface area contributed by atoms with Crippen molar-refractivity contribution in [2.24, 2.45) is 11.8 Å². The highest BCUT2D eigenvalue weighted by atomic mass is 19.1. The number of carbonyl (C=O) groups is 2. The molecule has 2 N–H and O–H groups in total. The van der Waals surface area contributed by atoms with Crippen molar-refractivity contribution in [1.82, 2.24) is 15.2 Å². The molecule has 1 aliphatic heterocycles. The van der Waals surface area contributed by atoms with E-state index < -0.39 is 0 Å². The summed E-state index contributed by atoms with van der Waals surface area (Å²) in [6, 6.07) is 13.8. The Morgan fingerprint density at radius 1 is 1.00 bits per heavy atom. The molecule has 2 aromatic carbocycles. The first-order valence-electron chi connectivity index (χ1n) is 13.5. The number of hydrogen-bond acceptors (Lipinski definition) is 4. The second kappa shape index (κ2) is 11.5. The molecule has 6 nitrogen and oxygen atoms in total. The summed E-state index contributed by atoms with van der Waals surface area (Å²) in [6.45, 7) is 2.95. The molecule has 1 saturated heterocycles. The maximum atomic E-state index is 13.1. The van der Waals surface area contributed by atoms with Gasteiger partial charge in [-0.3, -0.25) is 9.59 Å². The molecule has 1 amide bonds. The Morgan fingerprint density at radius 2 is 1.73 bits per heavy atom. The molecule has 2 aliphatic rings. The summed E-state index contributed by atoms with van der Waals surface area (Å²) in [5, 5.41) is 4.19. The van der Waals surface area contributed by atoms with Crippen molar-refractivity contribution in [1.29, 1.82) is 0 Å². The van der Waals surface area contributed by atoms with Crippen LogP contribution in [0.3, 0.4) is 0 Å². The van der Waals surface area contributed by atoms with E-state index in [2.05, 4.69) is 15.2 Å². The van der Waals surface area contributed by atoms with Crippen LogP contribution < -0.4 is 10.1 Å². The molecule has 2 heterocycles. The first-order chi connectivity index (χ1) is 18.0. The van der Waals surface area contributed by atoms with Crippen LogP contribution in [0.15, 0.2) is 48.5 Å². The van der Waals surface area contributed by atoms with E-state index in [-0.39, 0.29) is 29.5 Å². The Balaban J connectivity index is 1.02. The van der Waals surface area contributed by atoms with Gasteiger partial charge in [-0.15, -0.1) is 0 Å². The Hall–Kier alpha value is -3.19. The Kier molecular flexibility index (Phi) is 7.89. The maximum absolute atomic E-state index is 13.1. The summed E-state index contributed by atoms with van der Waals surface area (Å²) in [6.07, 6.45) is 7.20. The van der Waals surface area contributed by atoms with Crippen molar-refractivity contribution < 1.29 is 18.7 Å². The number of piperidine rings is 1. The van der Waals surface area contributed by atoms with E-state index in [1.165, 1.54) is 18.6 Å². The molecule has 0 unspecified atom stereocenters. The van der Waals surface area contributed by atoms with E-state index >= 15 is 0 Å². The number of nitrogens with one attached hydrogen (secondary N) is 2. The zero-order chi connectivity index (χ0) is 25.8. The third-order valence-corrected chi connectivity index (χ3v) is 8.20. The molecule has 0 bridgehead atoms. The Bertz CT molecular complexity index is 1220. The smallest absolute Gasteiger partial charge is 0.267 e. The molecule has 3 aromatic rings. The number of hydrogen-bond donors (Lipinski definition) is 2. The van der Waals surface area contributed by atoms with Gasteiger partial charge in [0, 0.05) is 28.4 Å². The van der Waals surface area contributed by atoms with E-state index in [0.29, 0.717) is 17.2 Å². The van der Waals surface area contributed by atoms with Crippen molar-refractivity contribution in [3.8, 4) is 5.75 Å². The molecule has 0 spiro atoms. The SMILES string of the molecule is COc1ccc2[nH]c(C(=O)NC3CCC(CCN4CCC(C(=O)c5ccc(F)cc5)CC4)CC3)cc2c1. The molecule has 1 aromatic heterocycles. The number of fused-ring (bicyclic) bond motifs is 1. The minimum atomic E-state index is -0.307. The highest BCUT2D eigenvalue weighted by molar-refractivity contribution is 5.98. The van der Waals surface area contributed by atoms with Gasteiger partial charge in [0.1, 0.15) is 17.3 Å². The van der Waals surface area contributed by atoms with E-state index in [1.807, 2.05) is 24.3 Å². The summed E-state index contributed by atoms with van der Waals surface area (Å²) in [5.74, 6) is 1.30. The molecule has 1 aliphatic carbocycles. The lowest BCUT2D eigenvalue weighted by molar-refractivity contribution is 0.0832. The number of benzene rings is 2. The third kappa shape index (κ3) is 6.21. The topological polar surface area (TPSA) is 74.4 Å². The summed E-state index contributed by atoms with van der Waals surface area (Å²) in [5.41, 5.74) is 2.14. The highest BCUT2D eigenvalue weighted by Crippen LogP contribution is 2.29. The third-order valence-electron chi connectivity index (χ3n) is 8.20. The van der Waals surface area contributed by atoms with Crippen LogP contribution in [0.5, 0.6) is 5.75 Å². The number of aromatic amines is 1. The largest absolute Gasteiger partial charge is 0.497 e. The average molecular weight is 506 g/mol. The predicted octanol–water partition coefficient (Wildman–Crippen LogP) is 5.59. The summed E-state index contributed by atoms with van der Waals surface area (Å²) >= 11 is 0. The Labute approximate surface area is 217 Å². The molecule has 1 saturated carbocycles. The van der Waals surface area contributed by atoms with Crippen LogP contribution in [-0.2, 0) is 0 Å². The van der Waals surface area contributed by atoms with Gasteiger partial charge in [0.25, 0.3) is 5.91 Å². The van der Waals surface area contributed by atoms with Crippen LogP contribution in [-0.4, -0.2) is 54.4 Å². The van der Waals surface area contributed by atoms with Crippen LogP contribution in [0.25, 0.3) is 10.9 Å². The standard InChI is InChI=1S/C30H36FN3O3/c1-37-26-10-11-27-23(18-26)19-28(33-27)30(36)32-25-8-2-20(3-9-25)12-15-34-16-13-22(14-17-34)29(35)21-4-6-24(31)7-5-21/h4-7,10-11,18-20,22,25,33H,2-3,8-9,12-17H2,1H3,(H,32,36). The molecule has 37 heavy (non-hydrogen) atoms. The van der Waals surface area contributed by atoms with Crippen LogP contribution >= 0.6 is 0 Å². The van der Waals surface area contributed by atoms with Gasteiger partial charge in [0.05, 0.1) is 7.11 Å². The summed E-state index contributed by atoms with van der Waals surface area (Å²) in [4.78, 5) is 31.2. The monoisotopic (exact) mass is 505 g/mol. The van der Waals surface area contributed by atoms with Crippen LogP contribution in [0.4, 0.5) is 4.39 Å². The molecule has 7 heteroatoms. The minimum Gasteiger partial charge on any atom is -0.497 e. The lowest BCUT2D eigenvalue weighted by Crippen LogP contribution is -2.39. The van der Waals surface area contributed by atoms with Gasteiger partial charge >= 0.3 is 0 Å². The fourth-order valence-corrected chi connectivity index (χ4v) is 5.85. The van der Waals surface area contributed by atoms with Crippen molar-refractivity contribution in [2.75, 3.05) is 26.7 Å². The van der Waals surface area contributed by atoms with Gasteiger partial charge in [-0.2, -0.15) is 0 Å². The fourth-order valence-electron chi connectivity index (χ4n) is 5.85. The van der Waals surface area contributed by atoms with Gasteiger partial charge in [-0.05, 0) is 119 Å². The second-order valence-corrected chi connectivity index (χ2v) is 10.6. The van der Waals surface area contributed by atoms with Crippen molar-refractivity contribution in [3.05, 3.63) is 65.6 Å². The number of methoxy groups -OCH3 is 1. The number of aromatic nitrogens is 1. The van der Waals surface area contributed by atoms with Gasteiger partial charge in [0.15, 0.2) is 5.78 Å². The maximum Gasteiger partial charge on any atom is 0.267 e. The molecular formula is C30H36FN3O3. The van der Waals surface area contributed by atoms with Crippen molar-refractivity contribution in [2.45, 2.75) is 51.0 Å². The first-order valence-corrected chi connectivity index (χ1v) is 13.5. The minimum absolute atomic E-state index is 0.0417. The number of halogens is 1. The van der Waals surface area contributed by atoms with Crippen LogP contribution in [0.2, 0.25) is 0 Å². The second-order valence-electron chi connectivity index (χ2n) is 10.6. The van der Waals surface area contributed by atoms with E-state index in [1.54, 1.807) is 19.2 Å². The molecule has 196 valence electrons. The number of ether oxygens (including phenoxy) is 1. The summed E-state index contributed by atoms with van der Waals surface area (Å²) < 4.78 is 18.4. The lowest BCUT2D eigenvalue weighted by Gasteiger charge is -2.34. The molecular weight excluding hydrogens is 469 g/mol. The van der Waals surface area contributed by atoms with Gasteiger partial charge in [-0.1, -0.05) is 0 Å². The molecule has 5 rings (SSSR count). The number of ketones is 1. The molecule has 2 fully saturated rings. The average Bonchev–Trinajstić information content (AvgIpc) is 3.37. The number of rotatable bonds is 8. The van der Waals surface area contributed by atoms with Crippen LogP contribution in [0, 0.1) is 17.7 Å². The van der Waals surface area contributed by atoms with Crippen molar-refractivity contribution >= 4 is 22.6 Å². The number of amides is 1. The predicted molar refractivity (Wildman–Crippen MR) is 143 cm³/mol. The van der Waals surface area contributed by atoms with Crippen LogP contribution in [0.1, 0.15) is 65.8 Å². The zero-order valence-corrected chi connectivity index (χ0v) is 21.5. The number of carbonyl (C=O) groups excluding carboxylic acids is 2.